The van der Waals surface area contributed by atoms with Gasteiger partial charge >= 0.3 is 8.03 Å². The van der Waals surface area contributed by atoms with Crippen LogP contribution in [0.3, 0.4) is 0 Å². The summed E-state index contributed by atoms with van der Waals surface area (Å²) < 4.78 is 30.2. The number of aromatic nitrogens is 4. The molecule has 128 valence electrons. The van der Waals surface area contributed by atoms with Crippen LogP contribution < -0.4 is 11.5 Å². The van der Waals surface area contributed by atoms with E-state index in [1.54, 1.807) is 10.9 Å². The highest BCUT2D eigenvalue weighted by Crippen LogP contribution is 2.49. The molecular weight excluding hydrogens is 355 g/mol. The quantitative estimate of drug-likeness (QED) is 0.512. The lowest BCUT2D eigenvalue weighted by Crippen LogP contribution is -2.42. The number of thiol groups is 1. The van der Waals surface area contributed by atoms with E-state index in [1.807, 2.05) is 0 Å². The third-order valence-corrected chi connectivity index (χ3v) is 5.49. The highest BCUT2D eigenvalue weighted by molar-refractivity contribution is 7.81. The maximum atomic E-state index is 11.3. The number of ether oxygens (including phenoxy) is 2. The van der Waals surface area contributed by atoms with E-state index < -0.39 is 19.9 Å². The first-order chi connectivity index (χ1) is 11.4. The lowest BCUT2D eigenvalue weighted by molar-refractivity contribution is -0.179. The van der Waals surface area contributed by atoms with E-state index in [1.165, 1.54) is 6.66 Å². The molecule has 0 radical (unpaired) electrons. The first-order valence-electron chi connectivity index (χ1n) is 7.18. The van der Waals surface area contributed by atoms with Gasteiger partial charge in [0.15, 0.2) is 24.4 Å². The summed E-state index contributed by atoms with van der Waals surface area (Å²) in [5, 5.41) is -0.244. The number of fused-ring (bicyclic) bond motifs is 3. The Morgan fingerprint density at radius 1 is 1.54 bits per heavy atom. The molecule has 0 spiro atoms. The normalized spacial score (nSPS) is 32.6. The minimum atomic E-state index is -1.74. The number of nitrogens with two attached hydrogens (primary N) is 2. The predicted molar refractivity (Wildman–Crippen MR) is 89.0 cm³/mol. The molecule has 0 aliphatic carbocycles. The summed E-state index contributed by atoms with van der Waals surface area (Å²) in [6.45, 7) is 1.94. The largest absolute Gasteiger partial charge is 0.504 e. The zero-order valence-corrected chi connectivity index (χ0v) is 14.5. The topological polar surface area (TPSA) is 140 Å². The summed E-state index contributed by atoms with van der Waals surface area (Å²) in [6, 6.07) is 0. The van der Waals surface area contributed by atoms with Crippen LogP contribution >= 0.6 is 20.7 Å². The fourth-order valence-corrected chi connectivity index (χ4v) is 3.92. The Morgan fingerprint density at radius 3 is 3.08 bits per heavy atom. The van der Waals surface area contributed by atoms with Crippen molar-refractivity contribution in [3.63, 3.8) is 0 Å². The van der Waals surface area contributed by atoms with Crippen molar-refractivity contribution in [1.82, 2.24) is 19.5 Å². The third kappa shape index (κ3) is 2.27. The number of hydrogen-bond acceptors (Lipinski definition) is 10. The van der Waals surface area contributed by atoms with Crippen molar-refractivity contribution < 1.29 is 18.6 Å². The molecule has 0 saturated carbocycles. The Hall–Kier alpha value is -1.52. The standard InChI is InChI=1S/C12H15N6O4PS/c1-23(19)21-3-12-2-20-6(7(12)24)10(22-12)18-4-15-5-8(13)16-11(14)17-9(5)18/h4,6-7,10H,2-3H2,1H3,(H4-,13,14,16,17,24)/p+1/t6-,7+,10-,12-/m1/s1. The third-order valence-electron chi connectivity index (χ3n) is 4.24. The Morgan fingerprint density at radius 2 is 2.33 bits per heavy atom. The SMILES string of the molecule is C[P+](=O)OC[C@@]12CO[C@@H]([C@H](n3cnc4c(N)nc(N)nc43)O1)[C@@H]2S. The van der Waals surface area contributed by atoms with Crippen molar-refractivity contribution in [1.29, 1.82) is 0 Å². The zero-order chi connectivity index (χ0) is 17.1. The van der Waals surface area contributed by atoms with E-state index in [0.717, 1.165) is 0 Å². The van der Waals surface area contributed by atoms with E-state index in [-0.39, 0.29) is 29.7 Å². The summed E-state index contributed by atoms with van der Waals surface area (Å²) in [6.07, 6.45) is 0.707. The fraction of sp³-hybridized carbons (Fsp3) is 0.583. The second kappa shape index (κ2) is 5.50. The van der Waals surface area contributed by atoms with E-state index in [2.05, 4.69) is 27.6 Å². The minimum Gasteiger partial charge on any atom is -0.382 e. The molecule has 0 amide bonds. The van der Waals surface area contributed by atoms with Crippen LogP contribution in [0.5, 0.6) is 0 Å². The van der Waals surface area contributed by atoms with Crippen molar-refractivity contribution >= 4 is 43.6 Å². The van der Waals surface area contributed by atoms with Gasteiger partial charge in [-0.05, 0) is 4.57 Å². The predicted octanol–water partition coefficient (Wildman–Crippen LogP) is 0.344. The first kappa shape index (κ1) is 16.0. The molecule has 2 bridgehead atoms. The van der Waals surface area contributed by atoms with E-state index in [4.69, 9.17) is 25.5 Å². The molecule has 1 unspecified atom stereocenters. The molecule has 5 atom stereocenters. The smallest absolute Gasteiger partial charge is 0.382 e. The molecule has 24 heavy (non-hydrogen) atoms. The number of hydrogen-bond donors (Lipinski definition) is 3. The number of rotatable bonds is 4. The van der Waals surface area contributed by atoms with Gasteiger partial charge in [0, 0.05) is 0 Å². The molecule has 0 aromatic carbocycles. The monoisotopic (exact) mass is 371 g/mol. The van der Waals surface area contributed by atoms with Crippen LogP contribution in [0, 0.1) is 0 Å². The molecule has 4 rings (SSSR count). The molecule has 2 aromatic rings. The highest BCUT2D eigenvalue weighted by atomic mass is 32.1. The lowest BCUT2D eigenvalue weighted by atomic mass is 10.0. The van der Waals surface area contributed by atoms with E-state index >= 15 is 0 Å². The summed E-state index contributed by atoms with van der Waals surface area (Å²) in [5.41, 5.74) is 11.6. The Kier molecular flexibility index (Phi) is 3.66. The summed E-state index contributed by atoms with van der Waals surface area (Å²) in [5.74, 6) is 0.248. The minimum absolute atomic E-state index is 0.0503. The molecule has 2 aliphatic heterocycles. The average molecular weight is 371 g/mol. The van der Waals surface area contributed by atoms with Gasteiger partial charge < -0.3 is 20.9 Å². The van der Waals surface area contributed by atoms with Gasteiger partial charge in [-0.25, -0.2) is 4.98 Å². The molecule has 12 heteroatoms. The fourth-order valence-electron chi connectivity index (χ4n) is 3.08. The maximum absolute atomic E-state index is 11.3. The lowest BCUT2D eigenvalue weighted by Gasteiger charge is -2.29. The summed E-state index contributed by atoms with van der Waals surface area (Å²) in [4.78, 5) is 12.3. The van der Waals surface area contributed by atoms with Crippen LogP contribution in [0.1, 0.15) is 6.23 Å². The zero-order valence-electron chi connectivity index (χ0n) is 12.7. The van der Waals surface area contributed by atoms with Crippen LogP contribution in [-0.4, -0.2) is 56.4 Å². The van der Waals surface area contributed by atoms with Crippen LogP contribution in [-0.2, 0) is 18.6 Å². The Bertz CT molecular complexity index is 833. The molecule has 10 nitrogen and oxygen atoms in total. The second-order valence-corrected chi connectivity index (χ2v) is 7.49. The first-order valence-corrected chi connectivity index (χ1v) is 9.32. The van der Waals surface area contributed by atoms with Crippen molar-refractivity contribution in [2.24, 2.45) is 0 Å². The molecule has 2 saturated heterocycles. The number of nitrogens with zero attached hydrogens (tertiary/aromatic N) is 4. The number of anilines is 2. The van der Waals surface area contributed by atoms with Gasteiger partial charge in [0.1, 0.15) is 23.8 Å². The van der Waals surface area contributed by atoms with Crippen molar-refractivity contribution in [3.05, 3.63) is 6.33 Å². The van der Waals surface area contributed by atoms with Gasteiger partial charge in [-0.1, -0.05) is 0 Å². The molecule has 4 N–H and O–H groups in total. The van der Waals surface area contributed by atoms with Crippen LogP contribution in [0.15, 0.2) is 6.33 Å². The van der Waals surface area contributed by atoms with Crippen molar-refractivity contribution in [3.8, 4) is 0 Å². The maximum Gasteiger partial charge on any atom is 0.504 e. The molecule has 4 heterocycles. The van der Waals surface area contributed by atoms with Crippen LogP contribution in [0.25, 0.3) is 11.2 Å². The Labute approximate surface area is 143 Å². The average Bonchev–Trinajstić information content (AvgIpc) is 3.15. The summed E-state index contributed by atoms with van der Waals surface area (Å²) >= 11 is 4.62. The van der Waals surface area contributed by atoms with Gasteiger partial charge in [-0.15, -0.1) is 4.52 Å². The second-order valence-electron chi connectivity index (χ2n) is 5.80. The van der Waals surface area contributed by atoms with Gasteiger partial charge in [-0.2, -0.15) is 22.6 Å². The molecule has 2 aliphatic rings. The highest BCUT2D eigenvalue weighted by Gasteiger charge is 2.62. The molecule has 2 fully saturated rings. The van der Waals surface area contributed by atoms with E-state index in [0.29, 0.717) is 17.8 Å². The Balaban J connectivity index is 1.70. The summed E-state index contributed by atoms with van der Waals surface area (Å²) in [7, 11) is -1.74. The van der Waals surface area contributed by atoms with Gasteiger partial charge in [0.25, 0.3) is 0 Å². The number of imidazole rings is 1. The van der Waals surface area contributed by atoms with Gasteiger partial charge in [0.2, 0.25) is 5.95 Å². The van der Waals surface area contributed by atoms with Crippen LogP contribution in [0.2, 0.25) is 0 Å². The molecule has 2 aromatic heterocycles. The van der Waals surface area contributed by atoms with Gasteiger partial charge in [-0.3, -0.25) is 4.57 Å². The number of nitrogen functional groups attached to an aromatic ring is 2. The van der Waals surface area contributed by atoms with Crippen LogP contribution in [0.4, 0.5) is 11.8 Å². The van der Waals surface area contributed by atoms with E-state index in [9.17, 15) is 4.57 Å². The van der Waals surface area contributed by atoms with Crippen molar-refractivity contribution in [2.75, 3.05) is 31.3 Å². The van der Waals surface area contributed by atoms with Gasteiger partial charge in [0.05, 0.1) is 18.2 Å². The van der Waals surface area contributed by atoms with Crippen molar-refractivity contribution in [2.45, 2.75) is 23.2 Å². The molecular formula is C12H16N6O4PS+.